The highest BCUT2D eigenvalue weighted by molar-refractivity contribution is 5.77. The van der Waals surface area contributed by atoms with Gasteiger partial charge in [0.15, 0.2) is 0 Å². The normalized spacial score (nSPS) is 10.8. The topological polar surface area (TPSA) is 92.6 Å². The van der Waals surface area contributed by atoms with Gasteiger partial charge in [-0.25, -0.2) is 0 Å². The molecule has 1 atom stereocenters. The van der Waals surface area contributed by atoms with E-state index in [4.69, 9.17) is 4.79 Å². The summed E-state index contributed by atoms with van der Waals surface area (Å²) in [5.74, 6) is -0.123. The smallest absolute Gasteiger partial charge is 0.272 e. The van der Waals surface area contributed by atoms with E-state index in [1.54, 1.807) is 19.2 Å². The summed E-state index contributed by atoms with van der Waals surface area (Å²) < 4.78 is 0. The minimum absolute atomic E-state index is 0.0913. The molecule has 1 N–H and O–H groups in total. The van der Waals surface area contributed by atoms with E-state index in [2.05, 4.69) is 19.2 Å². The Morgan fingerprint density at radius 1 is 0.925 bits per heavy atom. The molecule has 1 unspecified atom stereocenters. The number of carbonyl (C=O) groups is 2. The zero-order valence-corrected chi connectivity index (χ0v) is 26.0. The number of hydrogen-bond donors (Lipinski definition) is 1. The molecule has 40 heavy (non-hydrogen) atoms. The summed E-state index contributed by atoms with van der Waals surface area (Å²) in [6, 6.07) is 13.4. The van der Waals surface area contributed by atoms with Crippen LogP contribution in [0.3, 0.4) is 0 Å². The molecular weight excluding hydrogens is 502 g/mol. The second-order valence-electron chi connectivity index (χ2n) is 9.91. The van der Waals surface area contributed by atoms with Crippen LogP contribution < -0.4 is 5.32 Å². The van der Waals surface area contributed by atoms with Crippen molar-refractivity contribution in [3.63, 3.8) is 0 Å². The minimum Gasteiger partial charge on any atom is -0.362 e. The number of nitrogens with one attached hydrogen (secondary N) is 1. The predicted molar refractivity (Wildman–Crippen MR) is 168 cm³/mol. The average Bonchev–Trinajstić information content (AvgIpc) is 2.97. The first-order valence-corrected chi connectivity index (χ1v) is 15.0. The lowest BCUT2D eigenvalue weighted by Gasteiger charge is -2.25. The third-order valence-electron chi connectivity index (χ3n) is 6.65. The lowest BCUT2D eigenvalue weighted by atomic mass is 9.91. The molecule has 0 bridgehead atoms. The molecule has 0 spiro atoms. The zero-order valence-electron chi connectivity index (χ0n) is 26.0. The molecule has 0 aromatic heterocycles. The SMILES string of the molecule is CC.CCCCCCN(CCCCCC)C(=O)CC(C)c1cc(-c2ccc(C)cc2)ccc1[N+](=O)[O-].CNC=O. The maximum absolute atomic E-state index is 13.3. The number of aryl methyl sites for hydroxylation is 1. The number of benzene rings is 2. The molecule has 0 saturated heterocycles. The van der Waals surface area contributed by atoms with Gasteiger partial charge in [-0.15, -0.1) is 0 Å². The van der Waals surface area contributed by atoms with Gasteiger partial charge >= 0.3 is 0 Å². The summed E-state index contributed by atoms with van der Waals surface area (Å²) >= 11 is 0. The predicted octanol–water partition coefficient (Wildman–Crippen LogP) is 8.44. The van der Waals surface area contributed by atoms with Crippen LogP contribution in [0.4, 0.5) is 5.69 Å². The number of unbranched alkanes of at least 4 members (excludes halogenated alkanes) is 6. The van der Waals surface area contributed by atoms with Gasteiger partial charge in [-0.1, -0.05) is 103 Å². The Morgan fingerprint density at radius 2 is 1.43 bits per heavy atom. The molecule has 0 heterocycles. The fraction of sp³-hybridized carbons (Fsp3) is 0.576. The van der Waals surface area contributed by atoms with E-state index >= 15 is 0 Å². The summed E-state index contributed by atoms with van der Waals surface area (Å²) in [4.78, 5) is 35.8. The van der Waals surface area contributed by atoms with Crippen molar-refractivity contribution in [1.29, 1.82) is 0 Å². The molecule has 0 aliphatic heterocycles. The molecule has 224 valence electrons. The maximum Gasteiger partial charge on any atom is 0.272 e. The van der Waals surface area contributed by atoms with E-state index in [9.17, 15) is 14.9 Å². The van der Waals surface area contributed by atoms with Gasteiger partial charge in [0.25, 0.3) is 5.69 Å². The van der Waals surface area contributed by atoms with Gasteiger partial charge in [-0.05, 0) is 48.9 Å². The van der Waals surface area contributed by atoms with Gasteiger partial charge in [-0.2, -0.15) is 0 Å². The van der Waals surface area contributed by atoms with Crippen molar-refractivity contribution >= 4 is 18.0 Å². The van der Waals surface area contributed by atoms with Gasteiger partial charge in [0.2, 0.25) is 12.3 Å². The Bertz CT molecular complexity index is 964. The minimum atomic E-state index is -0.331. The first-order chi connectivity index (χ1) is 19.3. The van der Waals surface area contributed by atoms with E-state index in [1.165, 1.54) is 31.2 Å². The Hall–Kier alpha value is -3.22. The molecule has 0 fully saturated rings. The summed E-state index contributed by atoms with van der Waals surface area (Å²) in [5, 5.41) is 14.0. The highest BCUT2D eigenvalue weighted by Gasteiger charge is 2.24. The third-order valence-corrected chi connectivity index (χ3v) is 6.65. The number of nitro groups is 1. The van der Waals surface area contributed by atoms with Crippen molar-refractivity contribution < 1.29 is 14.5 Å². The van der Waals surface area contributed by atoms with Crippen LogP contribution in [0.2, 0.25) is 0 Å². The lowest BCUT2D eigenvalue weighted by molar-refractivity contribution is -0.385. The maximum atomic E-state index is 13.3. The van der Waals surface area contributed by atoms with Crippen LogP contribution in [-0.4, -0.2) is 42.3 Å². The highest BCUT2D eigenvalue weighted by Crippen LogP contribution is 2.33. The Morgan fingerprint density at radius 3 is 1.88 bits per heavy atom. The third kappa shape index (κ3) is 14.2. The van der Waals surface area contributed by atoms with Crippen molar-refractivity contribution in [2.45, 2.75) is 105 Å². The average molecular weight is 556 g/mol. The Kier molecular flexibility index (Phi) is 20.8. The summed E-state index contributed by atoms with van der Waals surface area (Å²) in [5.41, 5.74) is 3.86. The lowest BCUT2D eigenvalue weighted by Crippen LogP contribution is -2.33. The molecule has 2 rings (SSSR count). The summed E-state index contributed by atoms with van der Waals surface area (Å²) in [7, 11) is 1.56. The van der Waals surface area contributed by atoms with Gasteiger partial charge in [-0.3, -0.25) is 19.7 Å². The fourth-order valence-electron chi connectivity index (χ4n) is 4.36. The molecule has 0 saturated carbocycles. The number of nitrogens with zero attached hydrogens (tertiary/aromatic N) is 2. The van der Waals surface area contributed by atoms with Gasteiger partial charge in [0.05, 0.1) is 4.92 Å². The van der Waals surface area contributed by atoms with Crippen LogP contribution in [0.15, 0.2) is 42.5 Å². The van der Waals surface area contributed by atoms with Crippen molar-refractivity contribution in [1.82, 2.24) is 10.2 Å². The Labute approximate surface area is 242 Å². The molecule has 7 nitrogen and oxygen atoms in total. The van der Waals surface area contributed by atoms with Crippen LogP contribution in [-0.2, 0) is 9.59 Å². The van der Waals surface area contributed by atoms with Crippen molar-refractivity contribution in [3.05, 3.63) is 63.7 Å². The highest BCUT2D eigenvalue weighted by atomic mass is 16.6. The number of nitro benzene ring substituents is 1. The van der Waals surface area contributed by atoms with Crippen LogP contribution >= 0.6 is 0 Å². The van der Waals surface area contributed by atoms with E-state index in [-0.39, 0.29) is 22.4 Å². The van der Waals surface area contributed by atoms with Gasteiger partial charge in [0.1, 0.15) is 0 Å². The van der Waals surface area contributed by atoms with Crippen LogP contribution in [0.25, 0.3) is 11.1 Å². The standard InChI is InChI=1S/C29H42N2O3.C2H5NO.C2H6/c1-5-7-9-11-19-30(20-12-10-8-6-2)29(32)21-24(4)27-22-26(17-18-28(27)31(33)34)25-15-13-23(3)14-16-25;1-3-2-4;1-2/h13-18,22,24H,5-12,19-21H2,1-4H3;2H,1H3,(H,3,4);1-2H3. The molecule has 7 heteroatoms. The first-order valence-electron chi connectivity index (χ1n) is 15.0. The van der Waals surface area contributed by atoms with E-state index < -0.39 is 0 Å². The molecule has 2 amide bonds. The molecule has 2 aromatic carbocycles. The molecular formula is C33H53N3O4. The molecule has 0 radical (unpaired) electrons. The Balaban J connectivity index is 0.00000232. The monoisotopic (exact) mass is 555 g/mol. The molecule has 0 aliphatic carbocycles. The first kappa shape index (κ1) is 36.8. The van der Waals surface area contributed by atoms with Crippen LogP contribution in [0, 0.1) is 17.0 Å². The van der Waals surface area contributed by atoms with E-state index in [0.717, 1.165) is 49.9 Å². The number of hydrogen-bond acceptors (Lipinski definition) is 4. The van der Waals surface area contributed by atoms with Gasteiger partial charge < -0.3 is 10.2 Å². The second kappa shape index (κ2) is 22.6. The molecule has 2 aromatic rings. The second-order valence-corrected chi connectivity index (χ2v) is 9.91. The fourth-order valence-corrected chi connectivity index (χ4v) is 4.36. The quantitative estimate of drug-likeness (QED) is 0.0973. The summed E-state index contributed by atoms with van der Waals surface area (Å²) in [6.07, 6.45) is 9.93. The van der Waals surface area contributed by atoms with Crippen LogP contribution in [0.5, 0.6) is 0 Å². The van der Waals surface area contributed by atoms with Crippen LogP contribution in [0.1, 0.15) is 109 Å². The largest absolute Gasteiger partial charge is 0.362 e. The van der Waals surface area contributed by atoms with Crippen molar-refractivity contribution in [2.24, 2.45) is 0 Å². The summed E-state index contributed by atoms with van der Waals surface area (Å²) in [6.45, 7) is 13.9. The van der Waals surface area contributed by atoms with Crippen molar-refractivity contribution in [3.8, 4) is 11.1 Å². The number of carbonyl (C=O) groups excluding carboxylic acids is 2. The van der Waals surface area contributed by atoms with E-state index in [1.807, 2.05) is 62.9 Å². The van der Waals surface area contributed by atoms with Crippen molar-refractivity contribution in [2.75, 3.05) is 20.1 Å². The number of rotatable bonds is 16. The number of amides is 2. The zero-order chi connectivity index (χ0) is 30.3. The van der Waals surface area contributed by atoms with E-state index in [0.29, 0.717) is 18.4 Å². The van der Waals surface area contributed by atoms with Gasteiger partial charge in [0, 0.05) is 38.2 Å². The molecule has 0 aliphatic rings.